The van der Waals surface area contributed by atoms with E-state index < -0.39 is 5.91 Å². The Morgan fingerprint density at radius 2 is 2.12 bits per heavy atom. The van der Waals surface area contributed by atoms with E-state index in [1.54, 1.807) is 22.3 Å². The molecule has 2 aromatic rings. The highest BCUT2D eigenvalue weighted by molar-refractivity contribution is 5.93. The molecule has 0 bridgehead atoms. The van der Waals surface area contributed by atoms with Crippen LogP contribution in [0.2, 0.25) is 0 Å². The SMILES string of the molecule is CC(C)C1c2nc(C(=O)NO)cn2CCN1C(=O)c1cccn1C. The number of hydrogen-bond acceptors (Lipinski definition) is 4. The van der Waals surface area contributed by atoms with Gasteiger partial charge in [0.25, 0.3) is 11.8 Å². The number of carbonyl (C=O) groups is 2. The molecule has 0 saturated carbocycles. The van der Waals surface area contributed by atoms with E-state index in [-0.39, 0.29) is 23.6 Å². The lowest BCUT2D eigenvalue weighted by Gasteiger charge is -2.38. The minimum atomic E-state index is -0.653. The number of nitrogens with zero attached hydrogens (tertiary/aromatic N) is 4. The number of nitrogens with one attached hydrogen (secondary N) is 1. The zero-order valence-electron chi connectivity index (χ0n) is 13.9. The smallest absolute Gasteiger partial charge is 0.294 e. The lowest BCUT2D eigenvalue weighted by Crippen LogP contribution is -2.44. The topological polar surface area (TPSA) is 92.4 Å². The van der Waals surface area contributed by atoms with E-state index in [4.69, 9.17) is 5.21 Å². The number of imidazole rings is 1. The molecule has 1 unspecified atom stereocenters. The monoisotopic (exact) mass is 331 g/mol. The molecule has 0 radical (unpaired) electrons. The van der Waals surface area contributed by atoms with Crippen molar-refractivity contribution in [2.45, 2.75) is 26.4 Å². The lowest BCUT2D eigenvalue weighted by atomic mass is 9.99. The number of rotatable bonds is 3. The van der Waals surface area contributed by atoms with Gasteiger partial charge in [-0.15, -0.1) is 0 Å². The van der Waals surface area contributed by atoms with Gasteiger partial charge in [0.1, 0.15) is 17.2 Å². The van der Waals surface area contributed by atoms with Crippen molar-refractivity contribution in [3.63, 3.8) is 0 Å². The standard InChI is InChI=1S/C16H21N5O3/c1-10(2)13-14-17-11(15(22)18-24)9-20(14)7-8-21(13)16(23)12-5-4-6-19(12)3/h4-6,9-10,13,24H,7-8H2,1-3H3,(H,18,22). The summed E-state index contributed by atoms with van der Waals surface area (Å²) in [5.41, 5.74) is 2.36. The van der Waals surface area contributed by atoms with Gasteiger partial charge in [0.2, 0.25) is 0 Å². The van der Waals surface area contributed by atoms with E-state index >= 15 is 0 Å². The molecule has 24 heavy (non-hydrogen) atoms. The normalized spacial score (nSPS) is 17.0. The van der Waals surface area contributed by atoms with E-state index in [0.717, 1.165) is 0 Å². The molecule has 0 saturated heterocycles. The summed E-state index contributed by atoms with van der Waals surface area (Å²) in [7, 11) is 1.84. The van der Waals surface area contributed by atoms with E-state index in [2.05, 4.69) is 4.98 Å². The van der Waals surface area contributed by atoms with Crippen molar-refractivity contribution in [3.05, 3.63) is 41.7 Å². The molecule has 1 aliphatic rings. The van der Waals surface area contributed by atoms with Gasteiger partial charge in [-0.2, -0.15) is 0 Å². The first kappa shape index (κ1) is 16.3. The second-order valence-electron chi connectivity index (χ2n) is 6.31. The van der Waals surface area contributed by atoms with Crippen LogP contribution in [-0.2, 0) is 13.6 Å². The van der Waals surface area contributed by atoms with E-state index in [1.807, 2.05) is 42.6 Å². The summed E-state index contributed by atoms with van der Waals surface area (Å²) in [6.07, 6.45) is 3.45. The Bertz CT molecular complexity index is 777. The van der Waals surface area contributed by atoms with Gasteiger partial charge >= 0.3 is 0 Å². The van der Waals surface area contributed by atoms with Crippen molar-refractivity contribution in [3.8, 4) is 0 Å². The largest absolute Gasteiger partial charge is 0.347 e. The maximum absolute atomic E-state index is 13.0. The summed E-state index contributed by atoms with van der Waals surface area (Å²) < 4.78 is 3.68. The molecule has 0 fully saturated rings. The minimum Gasteiger partial charge on any atom is -0.347 e. The fraction of sp³-hybridized carbons (Fsp3) is 0.438. The Balaban J connectivity index is 1.99. The molecule has 2 N–H and O–H groups in total. The van der Waals surface area contributed by atoms with Crippen molar-refractivity contribution >= 4 is 11.8 Å². The molecule has 2 aromatic heterocycles. The zero-order chi connectivity index (χ0) is 17.4. The number of carbonyl (C=O) groups excluding carboxylic acids is 2. The Hall–Kier alpha value is -2.61. The van der Waals surface area contributed by atoms with Gasteiger partial charge in [-0.25, -0.2) is 10.5 Å². The minimum absolute atomic E-state index is 0.0522. The van der Waals surface area contributed by atoms with Gasteiger partial charge < -0.3 is 14.0 Å². The Kier molecular flexibility index (Phi) is 4.15. The van der Waals surface area contributed by atoms with Gasteiger partial charge in [-0.3, -0.25) is 14.8 Å². The molecule has 3 rings (SSSR count). The molecule has 128 valence electrons. The summed E-state index contributed by atoms with van der Waals surface area (Å²) in [4.78, 5) is 30.7. The lowest BCUT2D eigenvalue weighted by molar-refractivity contribution is 0.0537. The first-order chi connectivity index (χ1) is 11.4. The molecule has 2 amide bonds. The van der Waals surface area contributed by atoms with Gasteiger partial charge in [0.15, 0.2) is 0 Å². The third-order valence-corrected chi connectivity index (χ3v) is 4.38. The highest BCUT2D eigenvalue weighted by atomic mass is 16.5. The summed E-state index contributed by atoms with van der Waals surface area (Å²) in [5.74, 6) is 0.0847. The maximum atomic E-state index is 13.0. The van der Waals surface area contributed by atoms with E-state index in [1.165, 1.54) is 0 Å². The number of fused-ring (bicyclic) bond motifs is 1. The van der Waals surface area contributed by atoms with Gasteiger partial charge in [0.05, 0.1) is 6.04 Å². The highest BCUT2D eigenvalue weighted by Crippen LogP contribution is 2.32. The van der Waals surface area contributed by atoms with Crippen molar-refractivity contribution in [1.29, 1.82) is 0 Å². The predicted molar refractivity (Wildman–Crippen MR) is 85.5 cm³/mol. The molecule has 0 aliphatic carbocycles. The molecule has 8 heteroatoms. The average Bonchev–Trinajstić information content (AvgIpc) is 3.17. The molecule has 1 atom stereocenters. The number of aryl methyl sites for hydroxylation is 1. The fourth-order valence-electron chi connectivity index (χ4n) is 3.22. The quantitative estimate of drug-likeness (QED) is 0.653. The Morgan fingerprint density at radius 3 is 2.71 bits per heavy atom. The van der Waals surface area contributed by atoms with Crippen LogP contribution in [0.15, 0.2) is 24.5 Å². The predicted octanol–water partition coefficient (Wildman–Crippen LogP) is 1.19. The number of hydroxylamine groups is 1. The van der Waals surface area contributed by atoms with Crippen LogP contribution in [-0.4, -0.2) is 42.6 Å². The highest BCUT2D eigenvalue weighted by Gasteiger charge is 2.36. The number of hydrogen-bond donors (Lipinski definition) is 2. The van der Waals surface area contributed by atoms with Crippen molar-refractivity contribution in [1.82, 2.24) is 24.5 Å². The van der Waals surface area contributed by atoms with Crippen LogP contribution in [0.1, 0.15) is 46.7 Å². The molecule has 8 nitrogen and oxygen atoms in total. The summed E-state index contributed by atoms with van der Waals surface area (Å²) in [5, 5.41) is 8.80. The van der Waals surface area contributed by atoms with Crippen LogP contribution in [0.25, 0.3) is 0 Å². The molecule has 1 aliphatic heterocycles. The summed E-state index contributed by atoms with van der Waals surface area (Å²) in [6, 6.07) is 3.40. The van der Waals surface area contributed by atoms with E-state index in [9.17, 15) is 9.59 Å². The van der Waals surface area contributed by atoms with Crippen LogP contribution < -0.4 is 5.48 Å². The fourth-order valence-corrected chi connectivity index (χ4v) is 3.22. The first-order valence-electron chi connectivity index (χ1n) is 7.87. The van der Waals surface area contributed by atoms with Gasteiger partial charge in [-0.1, -0.05) is 13.8 Å². The third-order valence-electron chi connectivity index (χ3n) is 4.38. The van der Waals surface area contributed by atoms with Gasteiger partial charge in [0, 0.05) is 32.5 Å². The third kappa shape index (κ3) is 2.58. The summed E-state index contributed by atoms with van der Waals surface area (Å²) >= 11 is 0. The second kappa shape index (κ2) is 6.12. The molecule has 3 heterocycles. The van der Waals surface area contributed by atoms with Crippen molar-refractivity contribution < 1.29 is 14.8 Å². The van der Waals surface area contributed by atoms with Gasteiger partial charge in [-0.05, 0) is 18.1 Å². The zero-order valence-corrected chi connectivity index (χ0v) is 13.9. The van der Waals surface area contributed by atoms with Crippen molar-refractivity contribution in [2.75, 3.05) is 6.54 Å². The van der Waals surface area contributed by atoms with Crippen LogP contribution in [0.3, 0.4) is 0 Å². The Labute approximate surface area is 139 Å². The van der Waals surface area contributed by atoms with Crippen LogP contribution in [0.5, 0.6) is 0 Å². The van der Waals surface area contributed by atoms with Crippen molar-refractivity contribution in [2.24, 2.45) is 13.0 Å². The van der Waals surface area contributed by atoms with E-state index in [0.29, 0.717) is 24.6 Å². The maximum Gasteiger partial charge on any atom is 0.294 e. The average molecular weight is 331 g/mol. The van der Waals surface area contributed by atoms with Crippen LogP contribution >= 0.6 is 0 Å². The Morgan fingerprint density at radius 1 is 1.38 bits per heavy atom. The second-order valence-corrected chi connectivity index (χ2v) is 6.31. The van der Waals surface area contributed by atoms with Crippen LogP contribution in [0, 0.1) is 5.92 Å². The van der Waals surface area contributed by atoms with Crippen LogP contribution in [0.4, 0.5) is 0 Å². The number of amides is 2. The molecule has 0 aromatic carbocycles. The number of aromatic nitrogens is 3. The summed E-state index contributed by atoms with van der Waals surface area (Å²) in [6.45, 7) is 5.13. The molecular weight excluding hydrogens is 310 g/mol. The molecular formula is C16H21N5O3. The first-order valence-corrected chi connectivity index (χ1v) is 7.87. The molecule has 0 spiro atoms.